The molecule has 1 N–H and O–H groups in total. The first kappa shape index (κ1) is 10.7. The fourth-order valence-electron chi connectivity index (χ4n) is 1.60. The standard InChI is InChI=1S/C10H14N6/c1-3-12-10(8-4-5-11-7-13-8)9-6-14-15-16(9)2/h4-7,10,12H,3H2,1-2H3. The van der Waals surface area contributed by atoms with E-state index in [1.807, 2.05) is 13.1 Å². The Balaban J connectivity index is 2.35. The molecule has 6 nitrogen and oxygen atoms in total. The zero-order valence-electron chi connectivity index (χ0n) is 9.33. The van der Waals surface area contributed by atoms with Gasteiger partial charge in [0.15, 0.2) is 0 Å². The van der Waals surface area contributed by atoms with E-state index in [-0.39, 0.29) is 6.04 Å². The highest BCUT2D eigenvalue weighted by Gasteiger charge is 2.17. The Labute approximate surface area is 93.7 Å². The lowest BCUT2D eigenvalue weighted by atomic mass is 10.1. The van der Waals surface area contributed by atoms with Gasteiger partial charge in [-0.1, -0.05) is 12.1 Å². The van der Waals surface area contributed by atoms with E-state index in [1.54, 1.807) is 23.4 Å². The van der Waals surface area contributed by atoms with Crippen LogP contribution in [-0.4, -0.2) is 31.5 Å². The Morgan fingerprint density at radius 3 is 2.94 bits per heavy atom. The summed E-state index contributed by atoms with van der Waals surface area (Å²) in [5.41, 5.74) is 1.91. The third-order valence-electron chi connectivity index (χ3n) is 2.35. The van der Waals surface area contributed by atoms with Crippen molar-refractivity contribution < 1.29 is 0 Å². The van der Waals surface area contributed by atoms with Crippen LogP contribution in [0.2, 0.25) is 0 Å². The van der Waals surface area contributed by atoms with Gasteiger partial charge < -0.3 is 5.32 Å². The van der Waals surface area contributed by atoms with Gasteiger partial charge in [-0.15, -0.1) is 5.10 Å². The minimum absolute atomic E-state index is 0.00741. The van der Waals surface area contributed by atoms with Crippen molar-refractivity contribution in [1.82, 2.24) is 30.3 Å². The number of aromatic nitrogens is 5. The van der Waals surface area contributed by atoms with Crippen LogP contribution < -0.4 is 5.32 Å². The first-order valence-electron chi connectivity index (χ1n) is 5.16. The van der Waals surface area contributed by atoms with Crippen LogP contribution in [0.4, 0.5) is 0 Å². The van der Waals surface area contributed by atoms with E-state index in [4.69, 9.17) is 0 Å². The maximum absolute atomic E-state index is 4.25. The maximum Gasteiger partial charge on any atom is 0.115 e. The number of hydrogen-bond acceptors (Lipinski definition) is 5. The molecular weight excluding hydrogens is 204 g/mol. The Hall–Kier alpha value is -1.82. The summed E-state index contributed by atoms with van der Waals surface area (Å²) in [5, 5.41) is 11.2. The second-order valence-corrected chi connectivity index (χ2v) is 3.41. The molecule has 0 saturated carbocycles. The van der Waals surface area contributed by atoms with Gasteiger partial charge >= 0.3 is 0 Å². The molecular formula is C10H14N6. The quantitative estimate of drug-likeness (QED) is 0.799. The number of nitrogens with zero attached hydrogens (tertiary/aromatic N) is 5. The fraction of sp³-hybridized carbons (Fsp3) is 0.400. The molecule has 0 amide bonds. The van der Waals surface area contributed by atoms with Crippen LogP contribution in [0.3, 0.4) is 0 Å². The molecule has 1 atom stereocenters. The summed E-state index contributed by atoms with van der Waals surface area (Å²) >= 11 is 0. The highest BCUT2D eigenvalue weighted by Crippen LogP contribution is 2.17. The SMILES string of the molecule is CCNC(c1ccncn1)c1cnnn1C. The van der Waals surface area contributed by atoms with E-state index in [9.17, 15) is 0 Å². The lowest BCUT2D eigenvalue weighted by Crippen LogP contribution is -2.25. The van der Waals surface area contributed by atoms with Gasteiger partial charge in [0.1, 0.15) is 6.33 Å². The average molecular weight is 218 g/mol. The molecule has 0 spiro atoms. The van der Waals surface area contributed by atoms with Gasteiger partial charge in [-0.3, -0.25) is 4.68 Å². The number of hydrogen-bond donors (Lipinski definition) is 1. The topological polar surface area (TPSA) is 68.5 Å². The molecule has 0 fully saturated rings. The van der Waals surface area contributed by atoms with Gasteiger partial charge in [-0.2, -0.15) is 0 Å². The molecule has 0 aliphatic carbocycles. The zero-order chi connectivity index (χ0) is 11.4. The Bertz CT molecular complexity index is 438. The third-order valence-corrected chi connectivity index (χ3v) is 2.35. The molecule has 0 bridgehead atoms. The lowest BCUT2D eigenvalue weighted by Gasteiger charge is -2.16. The van der Waals surface area contributed by atoms with Crippen molar-refractivity contribution in [3.63, 3.8) is 0 Å². The van der Waals surface area contributed by atoms with E-state index in [2.05, 4.69) is 32.5 Å². The summed E-state index contributed by atoms with van der Waals surface area (Å²) in [6.45, 7) is 2.90. The number of rotatable bonds is 4. The van der Waals surface area contributed by atoms with E-state index < -0.39 is 0 Å². The number of aryl methyl sites for hydroxylation is 1. The molecule has 0 aliphatic heterocycles. The van der Waals surface area contributed by atoms with Gasteiger partial charge in [-0.05, 0) is 12.6 Å². The summed E-state index contributed by atoms with van der Waals surface area (Å²) < 4.78 is 1.75. The highest BCUT2D eigenvalue weighted by molar-refractivity contribution is 5.18. The van der Waals surface area contributed by atoms with Crippen molar-refractivity contribution in [3.8, 4) is 0 Å². The van der Waals surface area contributed by atoms with Crippen LogP contribution in [0.25, 0.3) is 0 Å². The van der Waals surface area contributed by atoms with Crippen LogP contribution in [0.5, 0.6) is 0 Å². The molecule has 0 saturated heterocycles. The number of nitrogens with one attached hydrogen (secondary N) is 1. The third kappa shape index (κ3) is 2.06. The summed E-state index contributed by atoms with van der Waals surface area (Å²) in [6, 6.07) is 1.90. The minimum Gasteiger partial charge on any atom is -0.304 e. The Morgan fingerprint density at radius 1 is 1.50 bits per heavy atom. The maximum atomic E-state index is 4.25. The van der Waals surface area contributed by atoms with E-state index in [0.29, 0.717) is 0 Å². The van der Waals surface area contributed by atoms with Gasteiger partial charge in [0, 0.05) is 13.2 Å². The monoisotopic (exact) mass is 218 g/mol. The van der Waals surface area contributed by atoms with Gasteiger partial charge in [-0.25, -0.2) is 9.97 Å². The average Bonchev–Trinajstić information content (AvgIpc) is 2.73. The molecule has 16 heavy (non-hydrogen) atoms. The molecule has 2 aromatic rings. The normalized spacial score (nSPS) is 12.6. The van der Waals surface area contributed by atoms with Crippen LogP contribution in [-0.2, 0) is 7.05 Å². The van der Waals surface area contributed by atoms with Gasteiger partial charge in [0.05, 0.1) is 23.6 Å². The zero-order valence-corrected chi connectivity index (χ0v) is 9.33. The Morgan fingerprint density at radius 2 is 2.38 bits per heavy atom. The molecule has 2 heterocycles. The van der Waals surface area contributed by atoms with Crippen molar-refractivity contribution in [3.05, 3.63) is 36.2 Å². The van der Waals surface area contributed by atoms with E-state index >= 15 is 0 Å². The summed E-state index contributed by atoms with van der Waals surface area (Å²) in [6.07, 6.45) is 5.02. The van der Waals surface area contributed by atoms with Crippen molar-refractivity contribution in [2.24, 2.45) is 7.05 Å². The van der Waals surface area contributed by atoms with E-state index in [1.165, 1.54) is 0 Å². The Kier molecular flexibility index (Phi) is 3.21. The van der Waals surface area contributed by atoms with Crippen LogP contribution in [0.15, 0.2) is 24.8 Å². The molecule has 0 aliphatic rings. The van der Waals surface area contributed by atoms with E-state index in [0.717, 1.165) is 17.9 Å². The van der Waals surface area contributed by atoms with Crippen LogP contribution >= 0.6 is 0 Å². The van der Waals surface area contributed by atoms with Crippen LogP contribution in [0, 0.1) is 0 Å². The second kappa shape index (κ2) is 4.80. The lowest BCUT2D eigenvalue weighted by molar-refractivity contribution is 0.557. The van der Waals surface area contributed by atoms with Crippen molar-refractivity contribution in [2.75, 3.05) is 6.54 Å². The summed E-state index contributed by atoms with van der Waals surface area (Å²) in [5.74, 6) is 0. The van der Waals surface area contributed by atoms with Crippen molar-refractivity contribution in [1.29, 1.82) is 0 Å². The highest BCUT2D eigenvalue weighted by atomic mass is 15.4. The smallest absolute Gasteiger partial charge is 0.115 e. The predicted molar refractivity (Wildman–Crippen MR) is 58.6 cm³/mol. The summed E-state index contributed by atoms with van der Waals surface area (Å²) in [7, 11) is 1.87. The molecule has 0 radical (unpaired) electrons. The van der Waals surface area contributed by atoms with Gasteiger partial charge in [0.2, 0.25) is 0 Å². The fourth-order valence-corrected chi connectivity index (χ4v) is 1.60. The molecule has 1 unspecified atom stereocenters. The molecule has 84 valence electrons. The van der Waals surface area contributed by atoms with Crippen LogP contribution in [0.1, 0.15) is 24.4 Å². The first-order valence-corrected chi connectivity index (χ1v) is 5.16. The second-order valence-electron chi connectivity index (χ2n) is 3.41. The molecule has 6 heteroatoms. The minimum atomic E-state index is 0.00741. The first-order chi connectivity index (χ1) is 7.83. The largest absolute Gasteiger partial charge is 0.304 e. The summed E-state index contributed by atoms with van der Waals surface area (Å²) in [4.78, 5) is 8.17. The van der Waals surface area contributed by atoms with Crippen molar-refractivity contribution >= 4 is 0 Å². The van der Waals surface area contributed by atoms with Crippen molar-refractivity contribution in [2.45, 2.75) is 13.0 Å². The molecule has 2 aromatic heterocycles. The molecule has 2 rings (SSSR count). The molecule has 0 aromatic carbocycles. The predicted octanol–water partition coefficient (Wildman–Crippen LogP) is 0.304. The van der Waals surface area contributed by atoms with Gasteiger partial charge in [0.25, 0.3) is 0 Å².